The number of benzene rings is 2. The Kier molecular flexibility index (Phi) is 4.25. The molecule has 0 radical (unpaired) electrons. The normalized spacial score (nSPS) is 19.0. The monoisotopic (exact) mass is 323 g/mol. The van der Waals surface area contributed by atoms with Gasteiger partial charge in [-0.1, -0.05) is 18.2 Å². The molecule has 1 aliphatic rings. The van der Waals surface area contributed by atoms with Gasteiger partial charge in [0.2, 0.25) is 0 Å². The summed E-state index contributed by atoms with van der Waals surface area (Å²) in [5.41, 5.74) is 2.00. The van der Waals surface area contributed by atoms with Crippen molar-refractivity contribution in [2.24, 2.45) is 5.10 Å². The molecule has 5 heteroatoms. The van der Waals surface area contributed by atoms with E-state index in [1.807, 2.05) is 63.6 Å². The molecule has 0 aliphatic carbocycles. The minimum absolute atomic E-state index is 0.119. The summed E-state index contributed by atoms with van der Waals surface area (Å²) in [5.74, 6) is 0.715. The summed E-state index contributed by atoms with van der Waals surface area (Å²) >= 11 is 0. The minimum atomic E-state index is -0.464. The van der Waals surface area contributed by atoms with Crippen LogP contribution >= 0.6 is 0 Å². The molecule has 1 aliphatic heterocycles. The molecule has 1 atom stereocenters. The Labute approximate surface area is 141 Å². The molecule has 0 fully saturated rings. The van der Waals surface area contributed by atoms with Crippen molar-refractivity contribution < 1.29 is 9.53 Å². The van der Waals surface area contributed by atoms with E-state index in [2.05, 4.69) is 10.4 Å². The van der Waals surface area contributed by atoms with Gasteiger partial charge < -0.3 is 15.1 Å². The number of fused-ring (bicyclic) bond motifs is 1. The fourth-order valence-corrected chi connectivity index (χ4v) is 2.66. The van der Waals surface area contributed by atoms with E-state index in [9.17, 15) is 4.79 Å². The number of nitrogens with one attached hydrogen (secondary N) is 1. The second kappa shape index (κ2) is 6.35. The van der Waals surface area contributed by atoms with Gasteiger partial charge in [0, 0.05) is 37.3 Å². The maximum absolute atomic E-state index is 12.3. The molecule has 1 N–H and O–H groups in total. The standard InChI is InChI=1S/C19H21N3O2/c1-19(13-20-22(2)3)12-15-11-16(9-10-17(15)24-19)21-18(23)14-7-5-4-6-8-14/h4-11,13H,12H2,1-3H3,(H,21,23)/b20-13+. The number of ether oxygens (including phenoxy) is 1. The fraction of sp³-hybridized carbons (Fsp3) is 0.263. The van der Waals surface area contributed by atoms with Crippen molar-refractivity contribution in [3.8, 4) is 5.75 Å². The van der Waals surface area contributed by atoms with Gasteiger partial charge in [0.1, 0.15) is 11.4 Å². The summed E-state index contributed by atoms with van der Waals surface area (Å²) in [4.78, 5) is 12.3. The average Bonchev–Trinajstić information content (AvgIpc) is 2.90. The summed E-state index contributed by atoms with van der Waals surface area (Å²) in [7, 11) is 3.75. The molecule has 3 rings (SSSR count). The first-order valence-electron chi connectivity index (χ1n) is 7.86. The zero-order valence-electron chi connectivity index (χ0n) is 14.1. The van der Waals surface area contributed by atoms with Crippen molar-refractivity contribution in [3.05, 3.63) is 59.7 Å². The topological polar surface area (TPSA) is 53.9 Å². The highest BCUT2D eigenvalue weighted by Gasteiger charge is 2.33. The Bertz CT molecular complexity index is 771. The fourth-order valence-electron chi connectivity index (χ4n) is 2.66. The van der Waals surface area contributed by atoms with E-state index in [0.717, 1.165) is 17.0 Å². The predicted octanol–water partition coefficient (Wildman–Crippen LogP) is 3.18. The number of amides is 1. The lowest BCUT2D eigenvalue weighted by molar-refractivity contribution is 0.102. The van der Waals surface area contributed by atoms with E-state index in [1.165, 1.54) is 0 Å². The van der Waals surface area contributed by atoms with Gasteiger partial charge >= 0.3 is 0 Å². The van der Waals surface area contributed by atoms with Crippen LogP contribution in [0.4, 0.5) is 5.69 Å². The second-order valence-electron chi connectivity index (χ2n) is 6.33. The van der Waals surface area contributed by atoms with Crippen LogP contribution in [0.1, 0.15) is 22.8 Å². The molecule has 2 aromatic carbocycles. The third-order valence-electron chi connectivity index (χ3n) is 3.80. The highest BCUT2D eigenvalue weighted by atomic mass is 16.5. The first-order chi connectivity index (χ1) is 11.5. The maximum atomic E-state index is 12.3. The first-order valence-corrected chi connectivity index (χ1v) is 7.86. The molecular weight excluding hydrogens is 302 g/mol. The lowest BCUT2D eigenvalue weighted by atomic mass is 10.0. The molecule has 0 bridgehead atoms. The number of nitrogens with zero attached hydrogens (tertiary/aromatic N) is 2. The average molecular weight is 323 g/mol. The van der Waals surface area contributed by atoms with Crippen LogP contribution < -0.4 is 10.1 Å². The van der Waals surface area contributed by atoms with E-state index in [1.54, 1.807) is 17.1 Å². The van der Waals surface area contributed by atoms with Crippen molar-refractivity contribution in [1.29, 1.82) is 0 Å². The molecular formula is C19H21N3O2. The lowest BCUT2D eigenvalue weighted by Gasteiger charge is -2.19. The van der Waals surface area contributed by atoms with Crippen molar-refractivity contribution in [3.63, 3.8) is 0 Å². The van der Waals surface area contributed by atoms with Gasteiger partial charge in [-0.25, -0.2) is 0 Å². The highest BCUT2D eigenvalue weighted by Crippen LogP contribution is 2.36. The summed E-state index contributed by atoms with van der Waals surface area (Å²) in [6.45, 7) is 2.00. The number of rotatable bonds is 4. The number of hydrazone groups is 1. The largest absolute Gasteiger partial charge is 0.481 e. The zero-order valence-corrected chi connectivity index (χ0v) is 14.1. The van der Waals surface area contributed by atoms with Gasteiger partial charge in [-0.15, -0.1) is 0 Å². The highest BCUT2D eigenvalue weighted by molar-refractivity contribution is 6.04. The van der Waals surface area contributed by atoms with Gasteiger partial charge in [0.05, 0.1) is 6.21 Å². The van der Waals surface area contributed by atoms with E-state index < -0.39 is 5.60 Å². The van der Waals surface area contributed by atoms with Gasteiger partial charge in [-0.05, 0) is 37.3 Å². The molecule has 0 spiro atoms. The number of anilines is 1. The second-order valence-corrected chi connectivity index (χ2v) is 6.33. The van der Waals surface area contributed by atoms with Crippen LogP contribution in [0, 0.1) is 0 Å². The minimum Gasteiger partial charge on any atom is -0.481 e. The third kappa shape index (κ3) is 3.56. The smallest absolute Gasteiger partial charge is 0.255 e. The Balaban J connectivity index is 1.74. The van der Waals surface area contributed by atoms with Crippen LogP contribution in [0.5, 0.6) is 5.75 Å². The number of hydrogen-bond acceptors (Lipinski definition) is 4. The summed E-state index contributed by atoms with van der Waals surface area (Å²) in [6.07, 6.45) is 2.53. The summed E-state index contributed by atoms with van der Waals surface area (Å²) < 4.78 is 6.00. The molecule has 0 saturated carbocycles. The van der Waals surface area contributed by atoms with E-state index in [4.69, 9.17) is 4.74 Å². The predicted molar refractivity (Wildman–Crippen MR) is 95.8 cm³/mol. The van der Waals surface area contributed by atoms with Crippen molar-refractivity contribution in [2.75, 3.05) is 19.4 Å². The first kappa shape index (κ1) is 16.1. The lowest BCUT2D eigenvalue weighted by Crippen LogP contribution is -2.32. The molecule has 1 unspecified atom stereocenters. The molecule has 0 aromatic heterocycles. The van der Waals surface area contributed by atoms with Gasteiger partial charge in [0.15, 0.2) is 0 Å². The van der Waals surface area contributed by atoms with Gasteiger partial charge in [0.25, 0.3) is 5.91 Å². The molecule has 1 heterocycles. The van der Waals surface area contributed by atoms with Crippen molar-refractivity contribution >= 4 is 17.8 Å². The van der Waals surface area contributed by atoms with E-state index >= 15 is 0 Å². The van der Waals surface area contributed by atoms with Crippen LogP contribution in [-0.2, 0) is 6.42 Å². The Hall–Kier alpha value is -2.82. The third-order valence-corrected chi connectivity index (χ3v) is 3.80. The Morgan fingerprint density at radius 1 is 1.25 bits per heavy atom. The van der Waals surface area contributed by atoms with Crippen LogP contribution in [0.25, 0.3) is 0 Å². The summed E-state index contributed by atoms with van der Waals surface area (Å²) in [5, 5.41) is 8.95. The molecule has 2 aromatic rings. The number of carbonyl (C=O) groups excluding carboxylic acids is 1. The molecule has 124 valence electrons. The molecule has 5 nitrogen and oxygen atoms in total. The number of hydrogen-bond donors (Lipinski definition) is 1. The van der Waals surface area contributed by atoms with Crippen LogP contribution in [0.2, 0.25) is 0 Å². The maximum Gasteiger partial charge on any atom is 0.255 e. The zero-order chi connectivity index (χ0) is 17.2. The Morgan fingerprint density at radius 3 is 2.71 bits per heavy atom. The quantitative estimate of drug-likeness (QED) is 0.694. The van der Waals surface area contributed by atoms with Crippen LogP contribution in [0.3, 0.4) is 0 Å². The van der Waals surface area contributed by atoms with Crippen LogP contribution in [-0.4, -0.2) is 36.8 Å². The van der Waals surface area contributed by atoms with Gasteiger partial charge in [-0.3, -0.25) is 4.79 Å². The van der Waals surface area contributed by atoms with Gasteiger partial charge in [-0.2, -0.15) is 5.10 Å². The van der Waals surface area contributed by atoms with Crippen LogP contribution in [0.15, 0.2) is 53.6 Å². The molecule has 1 amide bonds. The number of carbonyl (C=O) groups is 1. The molecule has 0 saturated heterocycles. The molecule has 24 heavy (non-hydrogen) atoms. The van der Waals surface area contributed by atoms with Crippen molar-refractivity contribution in [2.45, 2.75) is 18.9 Å². The van der Waals surface area contributed by atoms with E-state index in [0.29, 0.717) is 12.0 Å². The van der Waals surface area contributed by atoms with Crippen molar-refractivity contribution in [1.82, 2.24) is 5.01 Å². The Morgan fingerprint density at radius 2 is 2.00 bits per heavy atom. The SMILES string of the molecule is CN(C)/N=C/C1(C)Cc2cc(NC(=O)c3ccccc3)ccc2O1. The summed E-state index contributed by atoms with van der Waals surface area (Å²) in [6, 6.07) is 14.9. The van der Waals surface area contributed by atoms with E-state index in [-0.39, 0.29) is 5.91 Å².